The van der Waals surface area contributed by atoms with E-state index in [-0.39, 0.29) is 11.8 Å². The fourth-order valence-electron chi connectivity index (χ4n) is 3.67. The Bertz CT molecular complexity index is 1050. The molecule has 0 bridgehead atoms. The monoisotopic (exact) mass is 421 g/mol. The van der Waals surface area contributed by atoms with Crippen LogP contribution < -0.4 is 14.4 Å². The molecule has 7 nitrogen and oxygen atoms in total. The second-order valence-corrected chi connectivity index (χ2v) is 7.74. The van der Waals surface area contributed by atoms with E-state index in [2.05, 4.69) is 17.1 Å². The molecule has 0 N–H and O–H groups in total. The van der Waals surface area contributed by atoms with E-state index in [1.54, 1.807) is 12.0 Å². The maximum absolute atomic E-state index is 12.7. The van der Waals surface area contributed by atoms with Gasteiger partial charge in [-0.3, -0.25) is 4.79 Å². The molecule has 1 fully saturated rings. The number of anilines is 1. The molecule has 2 heterocycles. The quantitative estimate of drug-likeness (QED) is 0.488. The van der Waals surface area contributed by atoms with Gasteiger partial charge < -0.3 is 18.9 Å². The Morgan fingerprint density at radius 1 is 1.16 bits per heavy atom. The lowest BCUT2D eigenvalue weighted by Gasteiger charge is -2.19. The van der Waals surface area contributed by atoms with Gasteiger partial charge in [-0.25, -0.2) is 0 Å². The van der Waals surface area contributed by atoms with Crippen molar-refractivity contribution in [2.45, 2.75) is 39.0 Å². The van der Waals surface area contributed by atoms with Crippen LogP contribution in [0.25, 0.3) is 11.4 Å². The number of unbranched alkanes of at least 4 members (excludes halogenated alkanes) is 1. The number of methoxy groups -OCH3 is 1. The maximum Gasteiger partial charge on any atom is 0.232 e. The summed E-state index contributed by atoms with van der Waals surface area (Å²) in [5.41, 5.74) is 2.72. The summed E-state index contributed by atoms with van der Waals surface area (Å²) in [5, 5.41) is 4.13. The van der Waals surface area contributed by atoms with Crippen LogP contribution in [-0.4, -0.2) is 36.3 Å². The molecule has 4 rings (SSSR count). The molecular formula is C24H27N3O4. The van der Waals surface area contributed by atoms with E-state index in [0.29, 0.717) is 31.3 Å². The van der Waals surface area contributed by atoms with Crippen molar-refractivity contribution in [3.05, 3.63) is 53.9 Å². The Labute approximate surface area is 182 Å². The molecule has 1 saturated heterocycles. The van der Waals surface area contributed by atoms with Crippen LogP contribution in [0.15, 0.2) is 47.0 Å². The topological polar surface area (TPSA) is 77.7 Å². The second kappa shape index (κ2) is 9.20. The molecule has 1 unspecified atom stereocenters. The largest absolute Gasteiger partial charge is 0.497 e. The number of amides is 1. The molecule has 0 aliphatic carbocycles. The third kappa shape index (κ3) is 4.55. The van der Waals surface area contributed by atoms with Crippen molar-refractivity contribution < 1.29 is 18.8 Å². The highest BCUT2D eigenvalue weighted by atomic mass is 16.5. The van der Waals surface area contributed by atoms with Gasteiger partial charge in [-0.2, -0.15) is 4.98 Å². The third-order valence-electron chi connectivity index (χ3n) is 5.50. The van der Waals surface area contributed by atoms with Crippen LogP contribution in [0, 0.1) is 6.92 Å². The van der Waals surface area contributed by atoms with Gasteiger partial charge in [0.05, 0.1) is 25.3 Å². The minimum absolute atomic E-state index is 0.0367. The zero-order chi connectivity index (χ0) is 21.8. The predicted molar refractivity (Wildman–Crippen MR) is 118 cm³/mol. The first kappa shape index (κ1) is 20.9. The Balaban J connectivity index is 1.47. The fourth-order valence-corrected chi connectivity index (χ4v) is 3.67. The van der Waals surface area contributed by atoms with Gasteiger partial charge in [-0.1, -0.05) is 24.6 Å². The SMILES string of the molecule is CCCCOc1ccc(-c2noc(C3CC(=O)N(c4cc(OC)ccc4C)C3)n2)cc1. The van der Waals surface area contributed by atoms with Crippen LogP contribution in [0.1, 0.15) is 43.6 Å². The molecule has 31 heavy (non-hydrogen) atoms. The molecule has 0 radical (unpaired) electrons. The van der Waals surface area contributed by atoms with E-state index in [0.717, 1.165) is 41.2 Å². The van der Waals surface area contributed by atoms with Gasteiger partial charge >= 0.3 is 0 Å². The van der Waals surface area contributed by atoms with Crippen LogP contribution in [-0.2, 0) is 4.79 Å². The summed E-state index contributed by atoms with van der Waals surface area (Å²) < 4.78 is 16.5. The van der Waals surface area contributed by atoms with Crippen LogP contribution in [0.4, 0.5) is 5.69 Å². The molecule has 2 aromatic carbocycles. The number of hydrogen-bond donors (Lipinski definition) is 0. The Hall–Kier alpha value is -3.35. The zero-order valence-electron chi connectivity index (χ0n) is 18.1. The average molecular weight is 421 g/mol. The van der Waals surface area contributed by atoms with Crippen molar-refractivity contribution in [1.29, 1.82) is 0 Å². The normalized spacial score (nSPS) is 16.0. The lowest BCUT2D eigenvalue weighted by Crippen LogP contribution is -2.25. The Morgan fingerprint density at radius 2 is 1.94 bits per heavy atom. The van der Waals surface area contributed by atoms with Gasteiger partial charge in [0.2, 0.25) is 17.6 Å². The van der Waals surface area contributed by atoms with E-state index in [9.17, 15) is 4.79 Å². The van der Waals surface area contributed by atoms with Crippen LogP contribution in [0.5, 0.6) is 11.5 Å². The molecule has 1 atom stereocenters. The predicted octanol–water partition coefficient (Wildman–Crippen LogP) is 4.75. The highest BCUT2D eigenvalue weighted by Crippen LogP contribution is 2.35. The summed E-state index contributed by atoms with van der Waals surface area (Å²) in [4.78, 5) is 19.1. The first-order chi connectivity index (χ1) is 15.1. The molecule has 3 aromatic rings. The fraction of sp³-hybridized carbons (Fsp3) is 0.375. The van der Waals surface area contributed by atoms with E-state index >= 15 is 0 Å². The van der Waals surface area contributed by atoms with Crippen molar-refractivity contribution in [3.63, 3.8) is 0 Å². The van der Waals surface area contributed by atoms with Crippen molar-refractivity contribution >= 4 is 11.6 Å². The first-order valence-electron chi connectivity index (χ1n) is 10.6. The number of ether oxygens (including phenoxy) is 2. The molecule has 162 valence electrons. The smallest absolute Gasteiger partial charge is 0.232 e. The van der Waals surface area contributed by atoms with Gasteiger partial charge in [0.1, 0.15) is 11.5 Å². The molecule has 1 aliphatic heterocycles. The van der Waals surface area contributed by atoms with Gasteiger partial charge in [-0.05, 0) is 49.2 Å². The van der Waals surface area contributed by atoms with Gasteiger partial charge in [-0.15, -0.1) is 0 Å². The van der Waals surface area contributed by atoms with Crippen molar-refractivity contribution in [1.82, 2.24) is 10.1 Å². The molecular weight excluding hydrogens is 394 g/mol. The number of rotatable bonds is 8. The number of hydrogen-bond acceptors (Lipinski definition) is 6. The van der Waals surface area contributed by atoms with Gasteiger partial charge in [0, 0.05) is 24.6 Å². The summed E-state index contributed by atoms with van der Waals surface area (Å²) in [6.07, 6.45) is 2.47. The molecule has 1 aliphatic rings. The Kier molecular flexibility index (Phi) is 6.21. The maximum atomic E-state index is 12.7. The highest BCUT2D eigenvalue weighted by molar-refractivity contribution is 5.97. The van der Waals surface area contributed by atoms with Crippen molar-refractivity contribution in [2.24, 2.45) is 0 Å². The number of aryl methyl sites for hydroxylation is 1. The van der Waals surface area contributed by atoms with Crippen LogP contribution >= 0.6 is 0 Å². The minimum Gasteiger partial charge on any atom is -0.497 e. The summed E-state index contributed by atoms with van der Waals surface area (Å²) >= 11 is 0. The summed E-state index contributed by atoms with van der Waals surface area (Å²) in [6.45, 7) is 5.32. The summed E-state index contributed by atoms with van der Waals surface area (Å²) in [5.74, 6) is 2.43. The highest BCUT2D eigenvalue weighted by Gasteiger charge is 2.36. The van der Waals surface area contributed by atoms with E-state index in [1.165, 1.54) is 0 Å². The lowest BCUT2D eigenvalue weighted by atomic mass is 10.1. The van der Waals surface area contributed by atoms with Crippen LogP contribution in [0.3, 0.4) is 0 Å². The first-order valence-corrected chi connectivity index (χ1v) is 10.6. The minimum atomic E-state index is -0.143. The number of nitrogens with zero attached hydrogens (tertiary/aromatic N) is 3. The van der Waals surface area contributed by atoms with Crippen molar-refractivity contribution in [2.75, 3.05) is 25.2 Å². The molecule has 0 saturated carbocycles. The van der Waals surface area contributed by atoms with E-state index < -0.39 is 0 Å². The number of carbonyl (C=O) groups excluding carboxylic acids is 1. The lowest BCUT2D eigenvalue weighted by molar-refractivity contribution is -0.117. The molecule has 1 aromatic heterocycles. The van der Waals surface area contributed by atoms with Gasteiger partial charge in [0.15, 0.2) is 0 Å². The number of benzene rings is 2. The summed E-state index contributed by atoms with van der Waals surface area (Å²) in [7, 11) is 1.62. The average Bonchev–Trinajstić information content (AvgIpc) is 3.42. The zero-order valence-corrected chi connectivity index (χ0v) is 18.1. The van der Waals surface area contributed by atoms with Crippen LogP contribution in [0.2, 0.25) is 0 Å². The molecule has 0 spiro atoms. The van der Waals surface area contributed by atoms with E-state index in [1.807, 2.05) is 49.4 Å². The number of carbonyl (C=O) groups is 1. The molecule has 1 amide bonds. The second-order valence-electron chi connectivity index (χ2n) is 7.74. The standard InChI is InChI=1S/C24H27N3O4/c1-4-5-12-30-19-10-7-17(8-11-19)23-25-24(31-26-23)18-13-22(28)27(15-18)21-14-20(29-3)9-6-16(21)2/h6-11,14,18H,4-5,12-13,15H2,1-3H3. The third-order valence-corrected chi connectivity index (χ3v) is 5.50. The van der Waals surface area contributed by atoms with Crippen molar-refractivity contribution in [3.8, 4) is 22.9 Å². The number of aromatic nitrogens is 2. The van der Waals surface area contributed by atoms with Gasteiger partial charge in [0.25, 0.3) is 0 Å². The Morgan fingerprint density at radius 3 is 2.68 bits per heavy atom. The summed E-state index contributed by atoms with van der Waals surface area (Å²) in [6, 6.07) is 13.4. The molecule has 7 heteroatoms. The van der Waals surface area contributed by atoms with E-state index in [4.69, 9.17) is 14.0 Å².